The van der Waals surface area contributed by atoms with Crippen molar-refractivity contribution >= 4 is 23.4 Å². The monoisotopic (exact) mass is 361 g/mol. The first-order valence-corrected chi connectivity index (χ1v) is 8.29. The molecule has 4 rings (SSSR count). The Morgan fingerprint density at radius 2 is 1.93 bits per heavy atom. The fourth-order valence-electron chi connectivity index (χ4n) is 2.90. The van der Waals surface area contributed by atoms with Crippen molar-refractivity contribution in [3.63, 3.8) is 0 Å². The van der Waals surface area contributed by atoms with Crippen molar-refractivity contribution in [1.29, 1.82) is 0 Å². The lowest BCUT2D eigenvalue weighted by Crippen LogP contribution is -2.01. The molecule has 0 saturated heterocycles. The van der Waals surface area contributed by atoms with E-state index in [1.807, 2.05) is 30.3 Å². The van der Waals surface area contributed by atoms with Gasteiger partial charge in [0.25, 0.3) is 0 Å². The number of hydrogen-bond donors (Lipinski definition) is 0. The van der Waals surface area contributed by atoms with Gasteiger partial charge in [-0.15, -0.1) is 0 Å². The molecule has 0 unspecified atom stereocenters. The van der Waals surface area contributed by atoms with E-state index >= 15 is 0 Å². The van der Waals surface area contributed by atoms with E-state index in [0.717, 1.165) is 5.56 Å². The van der Waals surface area contributed by atoms with Crippen LogP contribution >= 0.6 is 0 Å². The Morgan fingerprint density at radius 3 is 2.63 bits per heavy atom. The molecule has 0 saturated carbocycles. The van der Waals surface area contributed by atoms with Crippen LogP contribution in [0, 0.1) is 0 Å². The van der Waals surface area contributed by atoms with Gasteiger partial charge in [0.15, 0.2) is 23.5 Å². The van der Waals surface area contributed by atoms with Gasteiger partial charge in [-0.3, -0.25) is 4.79 Å². The van der Waals surface area contributed by atoms with Crippen LogP contribution in [0.2, 0.25) is 0 Å². The largest absolute Gasteiger partial charge is 0.465 e. The molecule has 0 fully saturated rings. The highest BCUT2D eigenvalue weighted by Crippen LogP contribution is 2.32. The zero-order valence-corrected chi connectivity index (χ0v) is 14.5. The second-order valence-corrected chi connectivity index (χ2v) is 5.95. The van der Waals surface area contributed by atoms with Crippen molar-refractivity contribution in [2.24, 2.45) is 0 Å². The highest BCUT2D eigenvalue weighted by molar-refractivity contribution is 5.99. The van der Waals surface area contributed by atoms with Crippen LogP contribution in [0.5, 0.6) is 0 Å². The maximum absolute atomic E-state index is 12.0. The number of aromatic nitrogens is 1. The van der Waals surface area contributed by atoms with Crippen molar-refractivity contribution in [1.82, 2.24) is 4.98 Å². The Kier molecular flexibility index (Phi) is 4.30. The molecule has 2 aromatic heterocycles. The van der Waals surface area contributed by atoms with Crippen molar-refractivity contribution < 1.29 is 23.2 Å². The minimum atomic E-state index is -0.493. The van der Waals surface area contributed by atoms with Gasteiger partial charge >= 0.3 is 5.97 Å². The van der Waals surface area contributed by atoms with E-state index in [9.17, 15) is 9.59 Å². The lowest BCUT2D eigenvalue weighted by Gasteiger charge is -2.03. The number of ether oxygens (including phenoxy) is 1. The molecule has 27 heavy (non-hydrogen) atoms. The molecule has 134 valence electrons. The molecule has 0 N–H and O–H groups in total. The maximum Gasteiger partial charge on any atom is 0.337 e. The summed E-state index contributed by atoms with van der Waals surface area (Å²) in [6.45, 7) is 0. The number of furan rings is 1. The van der Waals surface area contributed by atoms with E-state index in [2.05, 4.69) is 4.98 Å². The Morgan fingerprint density at radius 1 is 1.11 bits per heavy atom. The molecule has 0 atom stereocenters. The molecule has 0 bridgehead atoms. The highest BCUT2D eigenvalue weighted by Gasteiger charge is 2.19. The number of hydrogen-bond acceptors (Lipinski definition) is 6. The average Bonchev–Trinajstić information content (AvgIpc) is 3.33. The van der Waals surface area contributed by atoms with Gasteiger partial charge in [0.1, 0.15) is 11.3 Å². The van der Waals surface area contributed by atoms with E-state index in [4.69, 9.17) is 13.6 Å². The van der Waals surface area contributed by atoms with Crippen LogP contribution in [-0.2, 0) is 11.2 Å². The van der Waals surface area contributed by atoms with Gasteiger partial charge in [-0.1, -0.05) is 30.3 Å². The molecule has 0 amide bonds. The minimum Gasteiger partial charge on any atom is -0.465 e. The predicted octanol–water partition coefficient (Wildman–Crippen LogP) is 4.28. The van der Waals surface area contributed by atoms with Gasteiger partial charge in [0.05, 0.1) is 18.2 Å². The summed E-state index contributed by atoms with van der Waals surface area (Å²) in [7, 11) is 1.31. The molecule has 0 aliphatic heterocycles. The summed E-state index contributed by atoms with van der Waals surface area (Å²) in [6, 6.07) is 16.2. The van der Waals surface area contributed by atoms with Crippen LogP contribution in [0.1, 0.15) is 32.4 Å². The van der Waals surface area contributed by atoms with Crippen molar-refractivity contribution in [2.75, 3.05) is 7.11 Å². The summed E-state index contributed by atoms with van der Waals surface area (Å²) in [6.07, 6.45) is 1.13. The Hall–Kier alpha value is -3.67. The standard InChI is InChI=1S/C21H15NO5/c1-25-21(24)14-10-16(18-8-7-15(12-23)26-18)20-17(11-14)22-19(27-20)9-13-5-3-2-4-6-13/h2-8,10-12H,9H2,1H3. The topological polar surface area (TPSA) is 82.5 Å². The molecule has 2 aromatic carbocycles. The third-order valence-corrected chi connectivity index (χ3v) is 4.16. The summed E-state index contributed by atoms with van der Waals surface area (Å²) >= 11 is 0. The summed E-state index contributed by atoms with van der Waals surface area (Å²) < 4.78 is 16.3. The SMILES string of the molecule is COC(=O)c1cc(-c2ccc(C=O)o2)c2oc(Cc3ccccc3)nc2c1. The fourth-order valence-corrected chi connectivity index (χ4v) is 2.90. The number of carbonyl (C=O) groups is 2. The van der Waals surface area contributed by atoms with Crippen molar-refractivity contribution in [2.45, 2.75) is 6.42 Å². The number of rotatable bonds is 5. The van der Waals surface area contributed by atoms with E-state index in [0.29, 0.717) is 46.6 Å². The van der Waals surface area contributed by atoms with Gasteiger partial charge in [-0.2, -0.15) is 0 Å². The zero-order valence-electron chi connectivity index (χ0n) is 14.5. The lowest BCUT2D eigenvalue weighted by molar-refractivity contribution is 0.0601. The molecule has 0 spiro atoms. The van der Waals surface area contributed by atoms with Crippen LogP contribution in [0.4, 0.5) is 0 Å². The zero-order chi connectivity index (χ0) is 18.8. The number of esters is 1. The number of fused-ring (bicyclic) bond motifs is 1. The van der Waals surface area contributed by atoms with Crippen molar-refractivity contribution in [3.8, 4) is 11.3 Å². The molecule has 2 heterocycles. The minimum absolute atomic E-state index is 0.186. The van der Waals surface area contributed by atoms with E-state index < -0.39 is 5.97 Å². The van der Waals surface area contributed by atoms with Gasteiger partial charge in [0, 0.05) is 6.42 Å². The molecule has 6 heteroatoms. The molecule has 6 nitrogen and oxygen atoms in total. The summed E-state index contributed by atoms with van der Waals surface area (Å²) in [4.78, 5) is 27.5. The number of benzene rings is 2. The first kappa shape index (κ1) is 16.8. The molecular weight excluding hydrogens is 346 g/mol. The van der Waals surface area contributed by atoms with Gasteiger partial charge in [0.2, 0.25) is 0 Å². The Bertz CT molecular complexity index is 1120. The smallest absolute Gasteiger partial charge is 0.337 e. The first-order valence-electron chi connectivity index (χ1n) is 8.29. The molecule has 0 aliphatic carbocycles. The number of oxazole rings is 1. The quantitative estimate of drug-likeness (QED) is 0.390. The number of nitrogens with zero attached hydrogens (tertiary/aromatic N) is 1. The van der Waals surface area contributed by atoms with Crippen LogP contribution in [0.25, 0.3) is 22.4 Å². The third kappa shape index (κ3) is 3.25. The number of methoxy groups -OCH3 is 1. The highest BCUT2D eigenvalue weighted by atomic mass is 16.5. The molecule has 4 aromatic rings. The van der Waals surface area contributed by atoms with Crippen LogP contribution in [0.3, 0.4) is 0 Å². The number of aldehydes is 1. The van der Waals surface area contributed by atoms with Crippen LogP contribution in [-0.4, -0.2) is 24.3 Å². The second-order valence-electron chi connectivity index (χ2n) is 5.95. The summed E-state index contributed by atoms with van der Waals surface area (Å²) in [5.74, 6) is 0.621. The molecular formula is C21H15NO5. The average molecular weight is 361 g/mol. The Labute approximate surface area is 154 Å². The van der Waals surface area contributed by atoms with Gasteiger partial charge in [-0.05, 0) is 29.8 Å². The van der Waals surface area contributed by atoms with Crippen molar-refractivity contribution in [3.05, 3.63) is 77.4 Å². The lowest BCUT2D eigenvalue weighted by atomic mass is 10.1. The summed E-state index contributed by atoms with van der Waals surface area (Å²) in [5, 5.41) is 0. The third-order valence-electron chi connectivity index (χ3n) is 4.16. The molecule has 0 aliphatic rings. The van der Waals surface area contributed by atoms with Gasteiger partial charge in [-0.25, -0.2) is 9.78 Å². The van der Waals surface area contributed by atoms with Gasteiger partial charge < -0.3 is 13.6 Å². The van der Waals surface area contributed by atoms with E-state index in [-0.39, 0.29) is 5.76 Å². The normalized spacial score (nSPS) is 10.9. The molecule has 0 radical (unpaired) electrons. The maximum atomic E-state index is 12.0. The predicted molar refractivity (Wildman–Crippen MR) is 97.7 cm³/mol. The summed E-state index contributed by atoms with van der Waals surface area (Å²) in [5.41, 5.74) is 2.92. The first-order chi connectivity index (χ1) is 13.2. The number of carbonyl (C=O) groups excluding carboxylic acids is 2. The van der Waals surface area contributed by atoms with Crippen LogP contribution in [0.15, 0.2) is 63.4 Å². The van der Waals surface area contributed by atoms with E-state index in [1.165, 1.54) is 7.11 Å². The van der Waals surface area contributed by atoms with E-state index in [1.54, 1.807) is 24.3 Å². The second kappa shape index (κ2) is 6.92. The Balaban J connectivity index is 1.85. The fraction of sp³-hybridized carbons (Fsp3) is 0.0952. The van der Waals surface area contributed by atoms with Crippen LogP contribution < -0.4 is 0 Å².